The van der Waals surface area contributed by atoms with Gasteiger partial charge in [0.15, 0.2) is 5.78 Å². The number of methoxy groups -OCH3 is 1. The smallest absolute Gasteiger partial charge is 0.251 e. The number of hydrogen-bond donors (Lipinski definition) is 2. The van der Waals surface area contributed by atoms with Crippen LogP contribution in [0.2, 0.25) is 5.02 Å². The third-order valence-corrected chi connectivity index (χ3v) is 4.75. The maximum Gasteiger partial charge on any atom is 0.251 e. The molecule has 0 unspecified atom stereocenters. The lowest BCUT2D eigenvalue weighted by Crippen LogP contribution is -2.25. The summed E-state index contributed by atoms with van der Waals surface area (Å²) >= 11 is 6.35. The van der Waals surface area contributed by atoms with Crippen molar-refractivity contribution in [2.24, 2.45) is 0 Å². The Morgan fingerprint density at radius 1 is 0.968 bits per heavy atom. The first-order valence-corrected chi connectivity index (χ1v) is 9.69. The minimum Gasteiger partial charge on any atom is -0.496 e. The Hall–Kier alpha value is -3.45. The van der Waals surface area contributed by atoms with Crippen molar-refractivity contribution in [2.45, 2.75) is 0 Å². The number of nitrogens with one attached hydrogen (secondary N) is 2. The highest BCUT2D eigenvalue weighted by Crippen LogP contribution is 2.29. The number of carbonyl (C=O) groups excluding carboxylic acids is 2. The van der Waals surface area contributed by atoms with Gasteiger partial charge in [0.2, 0.25) is 0 Å². The highest BCUT2D eigenvalue weighted by atomic mass is 35.5. The predicted molar refractivity (Wildman–Crippen MR) is 116 cm³/mol. The minimum absolute atomic E-state index is 0.123. The number of benzene rings is 3. The van der Waals surface area contributed by atoms with E-state index in [1.807, 2.05) is 0 Å². The zero-order chi connectivity index (χ0) is 22.4. The molecule has 0 radical (unpaired) electrons. The molecule has 0 aliphatic rings. The zero-order valence-corrected chi connectivity index (χ0v) is 17.3. The van der Waals surface area contributed by atoms with Crippen molar-refractivity contribution < 1.29 is 23.1 Å². The van der Waals surface area contributed by atoms with Crippen LogP contribution in [0.25, 0.3) is 0 Å². The number of anilines is 2. The average Bonchev–Trinajstić information content (AvgIpc) is 2.78. The lowest BCUT2D eigenvalue weighted by Gasteiger charge is -2.12. The molecular formula is C23H19ClF2N2O3. The topological polar surface area (TPSA) is 67.4 Å². The van der Waals surface area contributed by atoms with Crippen LogP contribution in [0.5, 0.6) is 5.75 Å². The number of rotatable bonds is 8. The molecule has 0 heterocycles. The summed E-state index contributed by atoms with van der Waals surface area (Å²) in [6.45, 7) is -0.815. The van der Waals surface area contributed by atoms with Crippen LogP contribution in [-0.2, 0) is 0 Å². The van der Waals surface area contributed by atoms with Gasteiger partial charge in [0, 0.05) is 29.0 Å². The summed E-state index contributed by atoms with van der Waals surface area (Å²) in [6, 6.07) is 14.9. The fourth-order valence-electron chi connectivity index (χ4n) is 2.91. The van der Waals surface area contributed by atoms with Gasteiger partial charge < -0.3 is 15.4 Å². The monoisotopic (exact) mass is 444 g/mol. The van der Waals surface area contributed by atoms with Gasteiger partial charge in [-0.1, -0.05) is 11.6 Å². The lowest BCUT2D eigenvalue weighted by atomic mass is 9.99. The highest BCUT2D eigenvalue weighted by molar-refractivity contribution is 6.35. The summed E-state index contributed by atoms with van der Waals surface area (Å²) in [7, 11) is 1.41. The third-order valence-electron chi connectivity index (χ3n) is 4.43. The van der Waals surface area contributed by atoms with Gasteiger partial charge in [0.05, 0.1) is 17.7 Å². The van der Waals surface area contributed by atoms with Crippen molar-refractivity contribution in [3.05, 3.63) is 88.2 Å². The maximum atomic E-state index is 13.1. The molecular weight excluding hydrogens is 426 g/mol. The fourth-order valence-corrected chi connectivity index (χ4v) is 3.18. The molecule has 0 bridgehead atoms. The van der Waals surface area contributed by atoms with E-state index < -0.39 is 18.4 Å². The number of alkyl halides is 1. The van der Waals surface area contributed by atoms with Crippen molar-refractivity contribution in [3.63, 3.8) is 0 Å². The third kappa shape index (κ3) is 5.38. The number of hydrogen-bond acceptors (Lipinski definition) is 4. The Bertz CT molecular complexity index is 1100. The lowest BCUT2D eigenvalue weighted by molar-refractivity contribution is 0.0950. The molecule has 2 N–H and O–H groups in total. The van der Waals surface area contributed by atoms with Crippen molar-refractivity contribution >= 4 is 34.7 Å². The van der Waals surface area contributed by atoms with Crippen molar-refractivity contribution in [2.75, 3.05) is 25.6 Å². The quantitative estimate of drug-likeness (QED) is 0.471. The van der Waals surface area contributed by atoms with E-state index in [0.29, 0.717) is 11.4 Å². The zero-order valence-electron chi connectivity index (χ0n) is 16.5. The van der Waals surface area contributed by atoms with Gasteiger partial charge in [-0.2, -0.15) is 0 Å². The SMILES string of the molecule is COc1ccc(C(=O)NCCF)cc1C(=O)c1ccc(Nc2ccc(F)cc2)cc1Cl. The summed E-state index contributed by atoms with van der Waals surface area (Å²) in [4.78, 5) is 25.3. The van der Waals surface area contributed by atoms with E-state index in [9.17, 15) is 18.4 Å². The second-order valence-electron chi connectivity index (χ2n) is 6.52. The summed E-state index contributed by atoms with van der Waals surface area (Å²) in [5.74, 6) is -1.01. The Morgan fingerprint density at radius 3 is 2.32 bits per heavy atom. The summed E-state index contributed by atoms with van der Waals surface area (Å²) < 4.78 is 30.6. The van der Waals surface area contributed by atoms with Crippen LogP contribution in [0.1, 0.15) is 26.3 Å². The van der Waals surface area contributed by atoms with Crippen LogP contribution in [-0.4, -0.2) is 32.0 Å². The van der Waals surface area contributed by atoms with Crippen molar-refractivity contribution in [3.8, 4) is 5.75 Å². The number of carbonyl (C=O) groups is 2. The van der Waals surface area contributed by atoms with Gasteiger partial charge in [0.25, 0.3) is 5.91 Å². The molecule has 0 atom stereocenters. The molecule has 8 heteroatoms. The molecule has 3 rings (SSSR count). The number of ether oxygens (including phenoxy) is 1. The van der Waals surface area contributed by atoms with Gasteiger partial charge in [0.1, 0.15) is 18.2 Å². The Kier molecular flexibility index (Phi) is 7.20. The molecule has 0 spiro atoms. The number of ketones is 1. The normalized spacial score (nSPS) is 10.5. The highest BCUT2D eigenvalue weighted by Gasteiger charge is 2.20. The van der Waals surface area contributed by atoms with Crippen LogP contribution in [0.3, 0.4) is 0 Å². The molecule has 3 aromatic carbocycles. The summed E-state index contributed by atoms with van der Waals surface area (Å²) in [5, 5.41) is 5.67. The van der Waals surface area contributed by atoms with Gasteiger partial charge in [-0.15, -0.1) is 0 Å². The Morgan fingerprint density at radius 2 is 1.68 bits per heavy atom. The van der Waals surface area contributed by atoms with E-state index in [-0.39, 0.29) is 39.8 Å². The molecule has 3 aromatic rings. The Labute approximate surface area is 183 Å². The number of amides is 1. The second-order valence-corrected chi connectivity index (χ2v) is 6.92. The van der Waals surface area contributed by atoms with E-state index in [2.05, 4.69) is 10.6 Å². The van der Waals surface area contributed by atoms with Crippen LogP contribution in [0.15, 0.2) is 60.7 Å². The van der Waals surface area contributed by atoms with E-state index in [4.69, 9.17) is 16.3 Å². The van der Waals surface area contributed by atoms with Gasteiger partial charge >= 0.3 is 0 Å². The first-order chi connectivity index (χ1) is 14.9. The van der Waals surface area contributed by atoms with Crippen LogP contribution >= 0.6 is 11.6 Å². The van der Waals surface area contributed by atoms with Crippen molar-refractivity contribution in [1.82, 2.24) is 5.32 Å². The summed E-state index contributed by atoms with van der Waals surface area (Å²) in [6.07, 6.45) is 0. The molecule has 0 aliphatic heterocycles. The molecule has 5 nitrogen and oxygen atoms in total. The standard InChI is InChI=1S/C23H19ClF2N2O3/c1-31-21-9-2-14(23(30)27-11-10-25)12-19(21)22(29)18-8-7-17(13-20(18)24)28-16-5-3-15(26)4-6-16/h2-9,12-13,28H,10-11H2,1H3,(H,27,30). The van der Waals surface area contributed by atoms with Gasteiger partial charge in [-0.25, -0.2) is 8.78 Å². The molecule has 0 aromatic heterocycles. The predicted octanol–water partition coefficient (Wildman–Crippen LogP) is 5.16. The van der Waals surface area contributed by atoms with Crippen LogP contribution in [0.4, 0.5) is 20.2 Å². The fraction of sp³-hybridized carbons (Fsp3) is 0.130. The van der Waals surface area contributed by atoms with Gasteiger partial charge in [-0.05, 0) is 60.7 Å². The first-order valence-electron chi connectivity index (χ1n) is 9.32. The van der Waals surface area contributed by atoms with E-state index in [1.165, 1.54) is 37.4 Å². The number of halogens is 3. The molecule has 0 saturated carbocycles. The van der Waals surface area contributed by atoms with Crippen LogP contribution < -0.4 is 15.4 Å². The molecule has 31 heavy (non-hydrogen) atoms. The summed E-state index contributed by atoms with van der Waals surface area (Å²) in [5.41, 5.74) is 1.83. The average molecular weight is 445 g/mol. The molecule has 160 valence electrons. The molecule has 1 amide bonds. The second kappa shape index (κ2) is 10.0. The van der Waals surface area contributed by atoms with Crippen molar-refractivity contribution in [1.29, 1.82) is 0 Å². The molecule has 0 aliphatic carbocycles. The largest absolute Gasteiger partial charge is 0.496 e. The van der Waals surface area contributed by atoms with Gasteiger partial charge in [-0.3, -0.25) is 9.59 Å². The maximum absolute atomic E-state index is 13.1. The van der Waals surface area contributed by atoms with E-state index in [0.717, 1.165) is 0 Å². The van der Waals surface area contributed by atoms with E-state index >= 15 is 0 Å². The minimum atomic E-state index is -0.693. The molecule has 0 fully saturated rings. The van der Waals surface area contributed by atoms with Crippen LogP contribution in [0, 0.1) is 5.82 Å². The Balaban J connectivity index is 1.87. The van der Waals surface area contributed by atoms with E-state index in [1.54, 1.807) is 30.3 Å². The molecule has 0 saturated heterocycles. The first kappa shape index (κ1) is 22.2.